The Morgan fingerprint density at radius 2 is 1.94 bits per heavy atom. The van der Waals surface area contributed by atoms with Crippen molar-refractivity contribution in [1.82, 2.24) is 5.32 Å². The maximum atomic E-state index is 12.1. The first-order valence-corrected chi connectivity index (χ1v) is 6.47. The van der Waals surface area contributed by atoms with Crippen molar-refractivity contribution in [2.75, 3.05) is 6.54 Å². The first kappa shape index (κ1) is 15.7. The van der Waals surface area contributed by atoms with Crippen LogP contribution in [0.2, 0.25) is 0 Å². The van der Waals surface area contributed by atoms with Gasteiger partial charge in [0, 0.05) is 6.54 Å². The van der Waals surface area contributed by atoms with Crippen LogP contribution in [0, 0.1) is 16.7 Å². The number of nitriles is 1. The van der Waals surface area contributed by atoms with E-state index < -0.39 is 5.41 Å². The standard InChI is InChI=1S/C14H24N2O/c1-4-7-8-11-16-13(17)14(12-15,9-5-2)10-6-3/h4,7H,5-6,8-11H2,1-3H3,(H,16,17)/b7-4+. The van der Waals surface area contributed by atoms with Crippen LogP contribution in [0.25, 0.3) is 0 Å². The van der Waals surface area contributed by atoms with Gasteiger partial charge in [0.05, 0.1) is 6.07 Å². The predicted octanol–water partition coefficient (Wildman–Crippen LogP) is 3.18. The second kappa shape index (κ2) is 8.81. The molecule has 0 aromatic rings. The summed E-state index contributed by atoms with van der Waals surface area (Å²) < 4.78 is 0. The van der Waals surface area contributed by atoms with Crippen LogP contribution in [0.1, 0.15) is 52.9 Å². The second-order valence-corrected chi connectivity index (χ2v) is 4.31. The van der Waals surface area contributed by atoms with E-state index in [-0.39, 0.29) is 5.91 Å². The summed E-state index contributed by atoms with van der Waals surface area (Å²) in [5.74, 6) is -0.104. The van der Waals surface area contributed by atoms with Crippen molar-refractivity contribution in [2.45, 2.75) is 52.9 Å². The summed E-state index contributed by atoms with van der Waals surface area (Å²) in [5.41, 5.74) is -0.820. The summed E-state index contributed by atoms with van der Waals surface area (Å²) in [6, 6.07) is 2.23. The molecule has 1 N–H and O–H groups in total. The highest BCUT2D eigenvalue weighted by Crippen LogP contribution is 2.29. The minimum atomic E-state index is -0.820. The molecular weight excluding hydrogens is 212 g/mol. The lowest BCUT2D eigenvalue weighted by Gasteiger charge is -2.24. The van der Waals surface area contributed by atoms with Crippen LogP contribution < -0.4 is 5.32 Å². The van der Waals surface area contributed by atoms with Gasteiger partial charge in [0.25, 0.3) is 0 Å². The molecule has 1 amide bonds. The Hall–Kier alpha value is -1.30. The van der Waals surface area contributed by atoms with Gasteiger partial charge >= 0.3 is 0 Å². The lowest BCUT2D eigenvalue weighted by molar-refractivity contribution is -0.128. The molecule has 17 heavy (non-hydrogen) atoms. The van der Waals surface area contributed by atoms with Gasteiger partial charge in [-0.1, -0.05) is 38.8 Å². The maximum absolute atomic E-state index is 12.1. The zero-order valence-corrected chi connectivity index (χ0v) is 11.3. The first-order chi connectivity index (χ1) is 8.16. The Kier molecular flexibility index (Phi) is 8.13. The topological polar surface area (TPSA) is 52.9 Å². The Balaban J connectivity index is 4.47. The summed E-state index contributed by atoms with van der Waals surface area (Å²) in [6.45, 7) is 6.58. The summed E-state index contributed by atoms with van der Waals surface area (Å²) in [6.07, 6.45) is 7.79. The van der Waals surface area contributed by atoms with E-state index in [1.165, 1.54) is 0 Å². The fourth-order valence-electron chi connectivity index (χ4n) is 1.97. The van der Waals surface area contributed by atoms with Crippen LogP contribution in [0.15, 0.2) is 12.2 Å². The van der Waals surface area contributed by atoms with Crippen molar-refractivity contribution in [1.29, 1.82) is 5.26 Å². The molecule has 0 aliphatic rings. The van der Waals surface area contributed by atoms with Crippen molar-refractivity contribution < 1.29 is 4.79 Å². The molecule has 0 aliphatic heterocycles. The summed E-state index contributed by atoms with van der Waals surface area (Å²) in [5, 5.41) is 12.2. The molecule has 0 spiro atoms. The second-order valence-electron chi connectivity index (χ2n) is 4.31. The van der Waals surface area contributed by atoms with Gasteiger partial charge in [0.1, 0.15) is 5.41 Å². The van der Waals surface area contributed by atoms with Gasteiger partial charge in [-0.05, 0) is 26.2 Å². The van der Waals surface area contributed by atoms with Crippen LogP contribution in [0.3, 0.4) is 0 Å². The third kappa shape index (κ3) is 5.04. The van der Waals surface area contributed by atoms with Gasteiger partial charge in [-0.2, -0.15) is 5.26 Å². The van der Waals surface area contributed by atoms with E-state index in [0.29, 0.717) is 19.4 Å². The molecule has 0 saturated carbocycles. The van der Waals surface area contributed by atoms with Crippen LogP contribution in [-0.4, -0.2) is 12.5 Å². The molecule has 0 radical (unpaired) electrons. The highest BCUT2D eigenvalue weighted by molar-refractivity contribution is 5.85. The molecule has 0 saturated heterocycles. The molecule has 0 unspecified atom stereocenters. The summed E-state index contributed by atoms with van der Waals surface area (Å²) in [4.78, 5) is 12.1. The predicted molar refractivity (Wildman–Crippen MR) is 70.3 cm³/mol. The van der Waals surface area contributed by atoms with Crippen molar-refractivity contribution in [3.05, 3.63) is 12.2 Å². The minimum absolute atomic E-state index is 0.104. The minimum Gasteiger partial charge on any atom is -0.354 e. The SMILES string of the molecule is C/C=C/CCNC(=O)C(C#N)(CCC)CCC. The van der Waals surface area contributed by atoms with Crippen molar-refractivity contribution >= 4 is 5.91 Å². The highest BCUT2D eigenvalue weighted by atomic mass is 16.2. The van der Waals surface area contributed by atoms with E-state index in [4.69, 9.17) is 0 Å². The fourth-order valence-corrected chi connectivity index (χ4v) is 1.97. The molecule has 0 aromatic carbocycles. The number of rotatable bonds is 8. The van der Waals surface area contributed by atoms with Gasteiger partial charge in [-0.3, -0.25) is 4.79 Å². The summed E-state index contributed by atoms with van der Waals surface area (Å²) in [7, 11) is 0. The van der Waals surface area contributed by atoms with Crippen molar-refractivity contribution in [3.8, 4) is 6.07 Å². The monoisotopic (exact) mass is 236 g/mol. The molecule has 0 fully saturated rings. The Bertz CT molecular complexity index is 283. The number of carbonyl (C=O) groups is 1. The molecule has 3 heteroatoms. The van der Waals surface area contributed by atoms with E-state index in [2.05, 4.69) is 11.4 Å². The normalized spacial score (nSPS) is 11.4. The molecule has 0 aliphatic carbocycles. The quantitative estimate of drug-likeness (QED) is 0.520. The fraction of sp³-hybridized carbons (Fsp3) is 0.714. The number of hydrogen-bond acceptors (Lipinski definition) is 2. The number of carbonyl (C=O) groups excluding carboxylic acids is 1. The van der Waals surface area contributed by atoms with Crippen molar-refractivity contribution in [2.24, 2.45) is 5.41 Å². The third-order valence-electron chi connectivity index (χ3n) is 2.83. The number of nitrogens with one attached hydrogen (secondary N) is 1. The number of nitrogens with zero attached hydrogens (tertiary/aromatic N) is 1. The van der Waals surface area contributed by atoms with Crippen LogP contribution in [-0.2, 0) is 4.79 Å². The molecule has 0 bridgehead atoms. The molecule has 0 heterocycles. The lowest BCUT2D eigenvalue weighted by Crippen LogP contribution is -2.40. The number of allylic oxidation sites excluding steroid dienone is 1. The first-order valence-electron chi connectivity index (χ1n) is 6.47. The van der Waals surface area contributed by atoms with Gasteiger partial charge in [0.15, 0.2) is 0 Å². The molecule has 0 atom stereocenters. The van der Waals surface area contributed by atoms with Crippen LogP contribution in [0.5, 0.6) is 0 Å². The maximum Gasteiger partial charge on any atom is 0.240 e. The summed E-state index contributed by atoms with van der Waals surface area (Å²) >= 11 is 0. The average Bonchev–Trinajstić information content (AvgIpc) is 2.34. The zero-order valence-electron chi connectivity index (χ0n) is 11.3. The number of amides is 1. The van der Waals surface area contributed by atoms with Gasteiger partial charge in [0.2, 0.25) is 5.91 Å². The van der Waals surface area contributed by atoms with Gasteiger partial charge in [-0.25, -0.2) is 0 Å². The van der Waals surface area contributed by atoms with E-state index in [9.17, 15) is 10.1 Å². The third-order valence-corrected chi connectivity index (χ3v) is 2.83. The average molecular weight is 236 g/mol. The van der Waals surface area contributed by atoms with Crippen LogP contribution in [0.4, 0.5) is 0 Å². The molecule has 3 nitrogen and oxygen atoms in total. The highest BCUT2D eigenvalue weighted by Gasteiger charge is 2.36. The van der Waals surface area contributed by atoms with Gasteiger partial charge < -0.3 is 5.32 Å². The zero-order chi connectivity index (χ0) is 13.1. The smallest absolute Gasteiger partial charge is 0.240 e. The van der Waals surface area contributed by atoms with E-state index >= 15 is 0 Å². The van der Waals surface area contributed by atoms with Gasteiger partial charge in [-0.15, -0.1) is 0 Å². The lowest BCUT2D eigenvalue weighted by atomic mass is 9.80. The molecule has 0 aromatic heterocycles. The molecular formula is C14H24N2O. The van der Waals surface area contributed by atoms with E-state index in [1.54, 1.807) is 0 Å². The van der Waals surface area contributed by atoms with E-state index in [0.717, 1.165) is 19.3 Å². The Morgan fingerprint density at radius 3 is 2.35 bits per heavy atom. The Labute approximate surface area is 105 Å². The van der Waals surface area contributed by atoms with Crippen LogP contribution >= 0.6 is 0 Å². The van der Waals surface area contributed by atoms with E-state index in [1.807, 2.05) is 32.9 Å². The van der Waals surface area contributed by atoms with Crippen molar-refractivity contribution in [3.63, 3.8) is 0 Å². The largest absolute Gasteiger partial charge is 0.354 e. The number of hydrogen-bond donors (Lipinski definition) is 1. The Morgan fingerprint density at radius 1 is 1.35 bits per heavy atom. The molecule has 0 rings (SSSR count). The molecule has 96 valence electrons.